The maximum atomic E-state index is 12.9. The number of nitrogens with zero attached hydrogens (tertiary/aromatic N) is 3. The van der Waals surface area contributed by atoms with Crippen LogP contribution >= 0.6 is 0 Å². The van der Waals surface area contributed by atoms with Crippen molar-refractivity contribution >= 4 is 22.8 Å². The number of nitrogens with one attached hydrogen (secondary N) is 1. The van der Waals surface area contributed by atoms with Crippen molar-refractivity contribution in [2.45, 2.75) is 32.7 Å². The summed E-state index contributed by atoms with van der Waals surface area (Å²) in [6.07, 6.45) is 1.41. The lowest BCUT2D eigenvalue weighted by molar-refractivity contribution is 0.0695. The summed E-state index contributed by atoms with van der Waals surface area (Å²) in [6.45, 7) is 5.01. The molecule has 7 nitrogen and oxygen atoms in total. The van der Waals surface area contributed by atoms with Crippen molar-refractivity contribution in [1.82, 2.24) is 20.2 Å². The number of aromatic nitrogens is 2. The molecule has 0 radical (unpaired) electrons. The van der Waals surface area contributed by atoms with Gasteiger partial charge in [0, 0.05) is 24.7 Å². The van der Waals surface area contributed by atoms with E-state index in [0.29, 0.717) is 48.3 Å². The first-order valence-electron chi connectivity index (χ1n) is 10.4. The van der Waals surface area contributed by atoms with E-state index in [9.17, 15) is 9.59 Å². The molecule has 1 saturated heterocycles. The molecule has 0 unspecified atom stereocenters. The number of ether oxygens (including phenoxy) is 1. The van der Waals surface area contributed by atoms with Crippen LogP contribution in [0.1, 0.15) is 44.9 Å². The van der Waals surface area contributed by atoms with Gasteiger partial charge in [-0.3, -0.25) is 9.59 Å². The Balaban J connectivity index is 1.38. The molecule has 0 aliphatic carbocycles. The van der Waals surface area contributed by atoms with Crippen LogP contribution in [0.15, 0.2) is 42.5 Å². The van der Waals surface area contributed by atoms with Gasteiger partial charge < -0.3 is 15.0 Å². The molecule has 2 aromatic carbocycles. The number of amides is 2. The smallest absolute Gasteiger partial charge is 0.257 e. The van der Waals surface area contributed by atoms with Crippen LogP contribution in [0.2, 0.25) is 0 Å². The second-order valence-corrected chi connectivity index (χ2v) is 7.84. The number of methoxy groups -OCH3 is 1. The first-order chi connectivity index (χ1) is 15.0. The maximum Gasteiger partial charge on any atom is 0.257 e. The lowest BCUT2D eigenvalue weighted by atomic mass is 10.0. The van der Waals surface area contributed by atoms with E-state index >= 15 is 0 Å². The van der Waals surface area contributed by atoms with E-state index in [1.165, 1.54) is 0 Å². The lowest BCUT2D eigenvalue weighted by Crippen LogP contribution is -2.46. The number of aryl methyl sites for hydroxylation is 2. The number of carbonyl (C=O) groups is 2. The van der Waals surface area contributed by atoms with Crippen LogP contribution in [0.3, 0.4) is 0 Å². The van der Waals surface area contributed by atoms with E-state index in [2.05, 4.69) is 15.3 Å². The second-order valence-electron chi connectivity index (χ2n) is 7.84. The minimum atomic E-state index is -0.128. The van der Waals surface area contributed by atoms with Crippen molar-refractivity contribution in [3.63, 3.8) is 0 Å². The van der Waals surface area contributed by atoms with Gasteiger partial charge in [-0.2, -0.15) is 0 Å². The first kappa shape index (κ1) is 20.8. The van der Waals surface area contributed by atoms with Crippen molar-refractivity contribution in [3.05, 3.63) is 65.0 Å². The van der Waals surface area contributed by atoms with E-state index in [4.69, 9.17) is 4.74 Å². The highest BCUT2D eigenvalue weighted by Crippen LogP contribution is 2.22. The Morgan fingerprint density at radius 3 is 2.39 bits per heavy atom. The lowest BCUT2D eigenvalue weighted by Gasteiger charge is -2.32. The summed E-state index contributed by atoms with van der Waals surface area (Å²) >= 11 is 0. The number of rotatable bonds is 4. The molecule has 1 N–H and O–H groups in total. The van der Waals surface area contributed by atoms with Gasteiger partial charge >= 0.3 is 0 Å². The molecule has 2 amide bonds. The number of fused-ring (bicyclic) bond motifs is 1. The molecule has 31 heavy (non-hydrogen) atoms. The molecule has 2 heterocycles. The van der Waals surface area contributed by atoms with E-state index in [0.717, 1.165) is 16.9 Å². The van der Waals surface area contributed by atoms with Gasteiger partial charge in [0.25, 0.3) is 11.8 Å². The zero-order chi connectivity index (χ0) is 22.0. The molecule has 4 rings (SSSR count). The molecule has 160 valence electrons. The number of carbonyl (C=O) groups excluding carboxylic acids is 2. The van der Waals surface area contributed by atoms with Crippen molar-refractivity contribution in [2.75, 3.05) is 20.2 Å². The van der Waals surface area contributed by atoms with Crippen LogP contribution in [-0.2, 0) is 0 Å². The molecule has 0 saturated carbocycles. The summed E-state index contributed by atoms with van der Waals surface area (Å²) < 4.78 is 5.31. The fraction of sp³-hybridized carbons (Fsp3) is 0.333. The number of para-hydroxylation sites is 1. The van der Waals surface area contributed by atoms with Crippen LogP contribution in [0, 0.1) is 13.8 Å². The van der Waals surface area contributed by atoms with Crippen LogP contribution < -0.4 is 10.1 Å². The zero-order valence-electron chi connectivity index (χ0n) is 18.0. The predicted octanol–water partition coefficient (Wildman–Crippen LogP) is 3.29. The minimum Gasteiger partial charge on any atom is -0.496 e. The molecular formula is C24H26N4O3. The van der Waals surface area contributed by atoms with Gasteiger partial charge in [-0.05, 0) is 57.0 Å². The molecular weight excluding hydrogens is 392 g/mol. The number of hydrogen-bond acceptors (Lipinski definition) is 5. The summed E-state index contributed by atoms with van der Waals surface area (Å²) in [7, 11) is 1.56. The third-order valence-electron chi connectivity index (χ3n) is 5.79. The Morgan fingerprint density at radius 1 is 1.00 bits per heavy atom. The topological polar surface area (TPSA) is 84.4 Å². The molecule has 1 fully saturated rings. The van der Waals surface area contributed by atoms with Crippen LogP contribution in [-0.4, -0.2) is 52.9 Å². The Hall–Kier alpha value is -3.48. The van der Waals surface area contributed by atoms with Crippen molar-refractivity contribution < 1.29 is 14.3 Å². The second kappa shape index (κ2) is 8.71. The number of piperidine rings is 1. The van der Waals surface area contributed by atoms with Gasteiger partial charge in [-0.15, -0.1) is 0 Å². The molecule has 0 spiro atoms. The minimum absolute atomic E-state index is 0.0238. The third kappa shape index (κ3) is 4.35. The normalized spacial score (nSPS) is 14.5. The third-order valence-corrected chi connectivity index (χ3v) is 5.79. The Bertz CT molecular complexity index is 1140. The molecule has 1 aliphatic heterocycles. The van der Waals surface area contributed by atoms with E-state index in [1.807, 2.05) is 36.9 Å². The van der Waals surface area contributed by atoms with Crippen molar-refractivity contribution in [3.8, 4) is 5.75 Å². The fourth-order valence-electron chi connectivity index (χ4n) is 3.86. The standard InChI is InChI=1S/C24H26N4O3/c1-15-16(2)26-21-14-17(8-9-20(21)25-15)23(29)27-18-10-12-28(13-11-18)24(30)19-6-4-5-7-22(19)31-3/h4-9,14,18H,10-13H2,1-3H3,(H,27,29). The van der Waals surface area contributed by atoms with Crippen molar-refractivity contribution in [2.24, 2.45) is 0 Å². The van der Waals surface area contributed by atoms with E-state index in [-0.39, 0.29) is 17.9 Å². The SMILES string of the molecule is COc1ccccc1C(=O)N1CCC(NC(=O)c2ccc3nc(C)c(C)nc3c2)CC1. The highest BCUT2D eigenvalue weighted by molar-refractivity contribution is 5.98. The van der Waals surface area contributed by atoms with Gasteiger partial charge in [-0.1, -0.05) is 12.1 Å². The summed E-state index contributed by atoms with van der Waals surface area (Å²) in [5, 5.41) is 3.10. The number of benzene rings is 2. The molecule has 0 bridgehead atoms. The molecule has 0 atom stereocenters. The molecule has 3 aromatic rings. The van der Waals surface area contributed by atoms with Gasteiger partial charge in [-0.25, -0.2) is 9.97 Å². The van der Waals surface area contributed by atoms with Crippen LogP contribution in [0.4, 0.5) is 0 Å². The average molecular weight is 418 g/mol. The molecule has 1 aromatic heterocycles. The summed E-state index contributed by atoms with van der Waals surface area (Å²) in [4.78, 5) is 36.5. The van der Waals surface area contributed by atoms with Crippen LogP contribution in [0.25, 0.3) is 11.0 Å². The summed E-state index contributed by atoms with van der Waals surface area (Å²) in [5.41, 5.74) is 4.37. The average Bonchev–Trinajstić information content (AvgIpc) is 2.79. The van der Waals surface area contributed by atoms with E-state index in [1.54, 1.807) is 31.4 Å². The molecule has 1 aliphatic rings. The largest absolute Gasteiger partial charge is 0.496 e. The van der Waals surface area contributed by atoms with Crippen LogP contribution in [0.5, 0.6) is 5.75 Å². The van der Waals surface area contributed by atoms with Gasteiger partial charge in [0.15, 0.2) is 0 Å². The highest BCUT2D eigenvalue weighted by Gasteiger charge is 2.26. The Morgan fingerprint density at radius 2 is 1.68 bits per heavy atom. The zero-order valence-corrected chi connectivity index (χ0v) is 18.0. The summed E-state index contributed by atoms with van der Waals surface area (Å²) in [6, 6.07) is 12.7. The Kier molecular flexibility index (Phi) is 5.84. The maximum absolute atomic E-state index is 12.9. The van der Waals surface area contributed by atoms with Gasteiger partial charge in [0.2, 0.25) is 0 Å². The first-order valence-corrected chi connectivity index (χ1v) is 10.4. The fourth-order valence-corrected chi connectivity index (χ4v) is 3.86. The number of likely N-dealkylation sites (tertiary alicyclic amines) is 1. The van der Waals surface area contributed by atoms with Gasteiger partial charge in [0.1, 0.15) is 5.75 Å². The molecule has 7 heteroatoms. The van der Waals surface area contributed by atoms with E-state index < -0.39 is 0 Å². The summed E-state index contributed by atoms with van der Waals surface area (Å²) in [5.74, 6) is 0.408. The Labute approximate surface area is 181 Å². The quantitative estimate of drug-likeness (QED) is 0.703. The van der Waals surface area contributed by atoms with Gasteiger partial charge in [0.05, 0.1) is 35.1 Å². The van der Waals surface area contributed by atoms with Crippen molar-refractivity contribution in [1.29, 1.82) is 0 Å². The highest BCUT2D eigenvalue weighted by atomic mass is 16.5. The monoisotopic (exact) mass is 418 g/mol. The predicted molar refractivity (Wildman–Crippen MR) is 118 cm³/mol. The number of hydrogen-bond donors (Lipinski definition) is 1.